The highest BCUT2D eigenvalue weighted by atomic mass is 16.4. The topological polar surface area (TPSA) is 128 Å². The third-order valence-electron chi connectivity index (χ3n) is 5.86. The second-order valence-electron chi connectivity index (χ2n) is 9.76. The van der Waals surface area contributed by atoms with Crippen LogP contribution < -0.4 is 16.0 Å². The summed E-state index contributed by atoms with van der Waals surface area (Å²) >= 11 is 0. The Bertz CT molecular complexity index is 1070. The first-order valence-electron chi connectivity index (χ1n) is 12.6. The number of para-hydroxylation sites is 1. The van der Waals surface area contributed by atoms with E-state index in [0.717, 1.165) is 17.7 Å². The fourth-order valence-electron chi connectivity index (χ4n) is 3.64. The maximum absolute atomic E-state index is 12.8. The lowest BCUT2D eigenvalue weighted by Gasteiger charge is -2.24. The number of nitrogens with zero attached hydrogens (tertiary/aromatic N) is 1. The van der Waals surface area contributed by atoms with Crippen LogP contribution in [0.4, 0.5) is 21.9 Å². The van der Waals surface area contributed by atoms with Gasteiger partial charge in [-0.25, -0.2) is 4.79 Å². The number of urea groups is 1. The molecule has 2 rings (SSSR count). The van der Waals surface area contributed by atoms with Crippen LogP contribution >= 0.6 is 0 Å². The molecular formula is C28H38N4O5. The number of hydrogen-bond acceptors (Lipinski definition) is 4. The maximum atomic E-state index is 12.8. The lowest BCUT2D eigenvalue weighted by Crippen LogP contribution is -2.39. The van der Waals surface area contributed by atoms with Crippen molar-refractivity contribution in [2.24, 2.45) is 11.8 Å². The molecule has 0 aromatic heterocycles. The Labute approximate surface area is 218 Å². The van der Waals surface area contributed by atoms with Crippen molar-refractivity contribution in [2.45, 2.75) is 53.4 Å². The number of anilines is 3. The first-order chi connectivity index (χ1) is 17.5. The number of carbonyl (C=O) groups is 4. The Hall–Kier alpha value is -3.88. The molecule has 0 saturated heterocycles. The number of benzene rings is 2. The number of carboxylic acid groups (broad SMARTS) is 1. The summed E-state index contributed by atoms with van der Waals surface area (Å²) in [5, 5.41) is 17.3. The molecular weight excluding hydrogens is 472 g/mol. The van der Waals surface area contributed by atoms with E-state index in [0.29, 0.717) is 30.3 Å². The SMILES string of the molecule is Cc1ccccc1NC(=O)Nc1ccc(NC(=O)CN(CCC(C)C)C(=O)CCC(C)CC(=O)O)cc1. The Morgan fingerprint density at radius 2 is 1.49 bits per heavy atom. The van der Waals surface area contributed by atoms with Gasteiger partial charge >= 0.3 is 12.0 Å². The summed E-state index contributed by atoms with van der Waals surface area (Å²) in [4.78, 5) is 50.2. The monoisotopic (exact) mass is 510 g/mol. The number of hydrogen-bond donors (Lipinski definition) is 4. The average molecular weight is 511 g/mol. The fraction of sp³-hybridized carbons (Fsp3) is 0.429. The summed E-state index contributed by atoms with van der Waals surface area (Å²) in [5.74, 6) is -1.12. The number of carbonyl (C=O) groups excluding carboxylic acids is 3. The first-order valence-corrected chi connectivity index (χ1v) is 12.6. The van der Waals surface area contributed by atoms with Gasteiger partial charge in [0, 0.05) is 36.4 Å². The van der Waals surface area contributed by atoms with Gasteiger partial charge in [-0.3, -0.25) is 14.4 Å². The predicted molar refractivity (Wildman–Crippen MR) is 146 cm³/mol. The molecule has 200 valence electrons. The molecule has 1 atom stereocenters. The number of carboxylic acids is 1. The van der Waals surface area contributed by atoms with Crippen LogP contribution in [-0.2, 0) is 14.4 Å². The van der Waals surface area contributed by atoms with Crippen LogP contribution in [0.5, 0.6) is 0 Å². The fourth-order valence-corrected chi connectivity index (χ4v) is 3.64. The summed E-state index contributed by atoms with van der Waals surface area (Å²) < 4.78 is 0. The Kier molecular flexibility index (Phi) is 11.6. The molecule has 0 saturated carbocycles. The molecule has 9 heteroatoms. The second kappa shape index (κ2) is 14.6. The second-order valence-corrected chi connectivity index (χ2v) is 9.76. The molecule has 9 nitrogen and oxygen atoms in total. The van der Waals surface area contributed by atoms with Crippen LogP contribution in [0.2, 0.25) is 0 Å². The van der Waals surface area contributed by atoms with E-state index < -0.39 is 5.97 Å². The molecule has 2 aromatic rings. The standard InChI is InChI=1S/C28H38N4O5/c1-19(2)15-16-32(26(34)14-9-20(3)17-27(35)36)18-25(33)29-22-10-12-23(13-11-22)30-28(37)31-24-8-6-5-7-21(24)4/h5-8,10-13,19-20H,9,14-18H2,1-4H3,(H,29,33)(H,35,36)(H2,30,31,37). The van der Waals surface area contributed by atoms with Crippen LogP contribution in [0.15, 0.2) is 48.5 Å². The van der Waals surface area contributed by atoms with Crippen LogP contribution in [0.1, 0.15) is 52.0 Å². The Morgan fingerprint density at radius 3 is 2.08 bits per heavy atom. The smallest absolute Gasteiger partial charge is 0.323 e. The summed E-state index contributed by atoms with van der Waals surface area (Å²) in [6.45, 7) is 8.18. The number of aliphatic carboxylic acids is 1. The highest BCUT2D eigenvalue weighted by Gasteiger charge is 2.19. The van der Waals surface area contributed by atoms with Crippen molar-refractivity contribution in [2.75, 3.05) is 29.0 Å². The van der Waals surface area contributed by atoms with E-state index in [1.807, 2.05) is 31.2 Å². The molecule has 0 aliphatic carbocycles. The van der Waals surface area contributed by atoms with Gasteiger partial charge in [0.1, 0.15) is 0 Å². The molecule has 0 spiro atoms. The van der Waals surface area contributed by atoms with Crippen molar-refractivity contribution >= 4 is 40.9 Å². The van der Waals surface area contributed by atoms with E-state index in [9.17, 15) is 19.2 Å². The zero-order chi connectivity index (χ0) is 27.4. The summed E-state index contributed by atoms with van der Waals surface area (Å²) in [6, 6.07) is 13.8. The molecule has 4 N–H and O–H groups in total. The normalized spacial score (nSPS) is 11.5. The van der Waals surface area contributed by atoms with Gasteiger partial charge in [-0.2, -0.15) is 0 Å². The van der Waals surface area contributed by atoms with E-state index in [1.165, 1.54) is 4.90 Å². The van der Waals surface area contributed by atoms with E-state index >= 15 is 0 Å². The van der Waals surface area contributed by atoms with Gasteiger partial charge in [-0.1, -0.05) is 39.0 Å². The zero-order valence-corrected chi connectivity index (χ0v) is 22.0. The number of aryl methyl sites for hydroxylation is 1. The highest BCUT2D eigenvalue weighted by molar-refractivity contribution is 6.00. The van der Waals surface area contributed by atoms with E-state index in [4.69, 9.17) is 5.11 Å². The van der Waals surface area contributed by atoms with Gasteiger partial charge in [-0.15, -0.1) is 0 Å². The maximum Gasteiger partial charge on any atom is 0.323 e. The number of amides is 4. The van der Waals surface area contributed by atoms with Crippen LogP contribution in [0.25, 0.3) is 0 Å². The van der Waals surface area contributed by atoms with Crippen molar-refractivity contribution in [1.82, 2.24) is 4.90 Å². The number of rotatable bonds is 13. The van der Waals surface area contributed by atoms with Gasteiger partial charge in [0.2, 0.25) is 11.8 Å². The van der Waals surface area contributed by atoms with E-state index in [1.54, 1.807) is 31.2 Å². The van der Waals surface area contributed by atoms with Crippen molar-refractivity contribution in [3.05, 3.63) is 54.1 Å². The van der Waals surface area contributed by atoms with E-state index in [2.05, 4.69) is 29.8 Å². The molecule has 0 aliphatic rings. The van der Waals surface area contributed by atoms with Crippen LogP contribution in [0, 0.1) is 18.8 Å². The molecule has 0 fully saturated rings. The molecule has 0 aliphatic heterocycles. The minimum atomic E-state index is -0.885. The largest absolute Gasteiger partial charge is 0.481 e. The van der Waals surface area contributed by atoms with E-state index in [-0.39, 0.29) is 43.1 Å². The predicted octanol–water partition coefficient (Wildman–Crippen LogP) is 5.34. The van der Waals surface area contributed by atoms with Gasteiger partial charge in [0.05, 0.1) is 6.54 Å². The quantitative estimate of drug-likeness (QED) is 0.289. The molecule has 4 amide bonds. The third-order valence-corrected chi connectivity index (χ3v) is 5.86. The molecule has 1 unspecified atom stereocenters. The Morgan fingerprint density at radius 1 is 0.865 bits per heavy atom. The minimum absolute atomic E-state index is 0.0121. The zero-order valence-electron chi connectivity index (χ0n) is 22.0. The van der Waals surface area contributed by atoms with Crippen LogP contribution in [-0.4, -0.2) is 46.9 Å². The lowest BCUT2D eigenvalue weighted by atomic mass is 10.0. The lowest BCUT2D eigenvalue weighted by molar-refractivity contribution is -0.139. The first kappa shape index (κ1) is 29.4. The molecule has 0 bridgehead atoms. The van der Waals surface area contributed by atoms with Crippen molar-refractivity contribution in [3.63, 3.8) is 0 Å². The summed E-state index contributed by atoms with van der Waals surface area (Å²) in [5.41, 5.74) is 2.78. The van der Waals surface area contributed by atoms with Crippen LogP contribution in [0.3, 0.4) is 0 Å². The van der Waals surface area contributed by atoms with Gasteiger partial charge < -0.3 is 26.0 Å². The minimum Gasteiger partial charge on any atom is -0.481 e. The number of nitrogens with one attached hydrogen (secondary N) is 3. The molecule has 37 heavy (non-hydrogen) atoms. The Balaban J connectivity index is 1.90. The molecule has 0 heterocycles. The van der Waals surface area contributed by atoms with Gasteiger partial charge in [0.25, 0.3) is 0 Å². The van der Waals surface area contributed by atoms with Gasteiger partial charge in [-0.05, 0) is 67.5 Å². The molecule has 2 aromatic carbocycles. The molecule has 0 radical (unpaired) electrons. The average Bonchev–Trinajstić information content (AvgIpc) is 2.82. The summed E-state index contributed by atoms with van der Waals surface area (Å²) in [7, 11) is 0. The van der Waals surface area contributed by atoms with Crippen molar-refractivity contribution in [3.8, 4) is 0 Å². The van der Waals surface area contributed by atoms with Crippen molar-refractivity contribution < 1.29 is 24.3 Å². The summed E-state index contributed by atoms with van der Waals surface area (Å²) in [6.07, 6.45) is 1.42. The third kappa shape index (κ3) is 11.2. The van der Waals surface area contributed by atoms with Gasteiger partial charge in [0.15, 0.2) is 0 Å². The highest BCUT2D eigenvalue weighted by Crippen LogP contribution is 2.17. The van der Waals surface area contributed by atoms with Crippen molar-refractivity contribution in [1.29, 1.82) is 0 Å².